The lowest BCUT2D eigenvalue weighted by Crippen LogP contribution is -2.59. The largest absolute Gasteiger partial charge is 0.300 e. The fraction of sp³-hybridized carbons (Fsp3) is 0.647. The van der Waals surface area contributed by atoms with Crippen LogP contribution in [0.2, 0.25) is 0 Å². The smallest absolute Gasteiger partial charge is 0.0306 e. The van der Waals surface area contributed by atoms with Crippen LogP contribution in [0.4, 0.5) is 0 Å². The molecule has 0 amide bonds. The minimum absolute atomic E-state index is 0.495. The first-order valence-corrected chi connectivity index (χ1v) is 7.58. The van der Waals surface area contributed by atoms with Gasteiger partial charge in [0.1, 0.15) is 0 Å². The number of benzene rings is 1. The van der Waals surface area contributed by atoms with Crippen LogP contribution in [0.25, 0.3) is 0 Å². The Morgan fingerprint density at radius 2 is 1.83 bits per heavy atom. The Balaban J connectivity index is 1.95. The van der Waals surface area contributed by atoms with Gasteiger partial charge in [-0.15, -0.1) is 0 Å². The summed E-state index contributed by atoms with van der Waals surface area (Å²) in [6.45, 7) is 1.30. The van der Waals surface area contributed by atoms with Crippen LogP contribution in [0, 0.1) is 0 Å². The van der Waals surface area contributed by atoms with Crippen molar-refractivity contribution in [2.45, 2.75) is 55.9 Å². The van der Waals surface area contributed by atoms with Gasteiger partial charge in [0.2, 0.25) is 0 Å². The fourth-order valence-corrected chi connectivity index (χ4v) is 5.42. The molecule has 1 nitrogen and oxygen atoms in total. The van der Waals surface area contributed by atoms with Crippen molar-refractivity contribution in [3.05, 3.63) is 35.4 Å². The first-order chi connectivity index (χ1) is 8.79. The lowest BCUT2D eigenvalue weighted by molar-refractivity contribution is 0.0414. The van der Waals surface area contributed by atoms with Crippen LogP contribution in [-0.4, -0.2) is 24.0 Å². The summed E-state index contributed by atoms with van der Waals surface area (Å²) in [6, 6.07) is 9.30. The highest BCUT2D eigenvalue weighted by molar-refractivity contribution is 5.44. The maximum absolute atomic E-state index is 2.71. The Morgan fingerprint density at radius 1 is 1.00 bits per heavy atom. The molecule has 1 aromatic carbocycles. The van der Waals surface area contributed by atoms with Crippen LogP contribution in [0.1, 0.15) is 49.7 Å². The van der Waals surface area contributed by atoms with Crippen molar-refractivity contribution in [1.82, 2.24) is 4.90 Å². The van der Waals surface area contributed by atoms with Crippen LogP contribution in [-0.2, 0) is 11.8 Å². The number of hydrogen-bond donors (Lipinski definition) is 0. The summed E-state index contributed by atoms with van der Waals surface area (Å²) in [5.41, 5.74) is 4.35. The molecule has 18 heavy (non-hydrogen) atoms. The molecule has 2 aliphatic carbocycles. The highest BCUT2D eigenvalue weighted by Gasteiger charge is 2.60. The third-order valence-electron chi connectivity index (χ3n) is 6.28. The maximum atomic E-state index is 2.71. The van der Waals surface area contributed by atoms with Gasteiger partial charge in [0.15, 0.2) is 0 Å². The summed E-state index contributed by atoms with van der Waals surface area (Å²) >= 11 is 0. The zero-order chi connectivity index (χ0) is 12.2. The second-order valence-corrected chi connectivity index (χ2v) is 6.65. The number of likely N-dealkylation sites (tertiary alicyclic amines) is 1. The SMILES string of the molecule is CN1CC[C@@]23CCCC[C@@]12CCc1ccccc13. The Kier molecular flexibility index (Phi) is 2.21. The van der Waals surface area contributed by atoms with Crippen LogP contribution < -0.4 is 0 Å². The monoisotopic (exact) mass is 241 g/mol. The van der Waals surface area contributed by atoms with Crippen molar-refractivity contribution in [3.63, 3.8) is 0 Å². The molecule has 2 atom stereocenters. The lowest BCUT2D eigenvalue weighted by Gasteiger charge is -2.56. The molecule has 0 unspecified atom stereocenters. The lowest BCUT2D eigenvalue weighted by atomic mass is 9.53. The normalized spacial score (nSPS) is 38.9. The van der Waals surface area contributed by atoms with Crippen molar-refractivity contribution in [2.24, 2.45) is 0 Å². The van der Waals surface area contributed by atoms with Gasteiger partial charge in [-0.2, -0.15) is 0 Å². The van der Waals surface area contributed by atoms with Crippen LogP contribution in [0.15, 0.2) is 24.3 Å². The van der Waals surface area contributed by atoms with Crippen molar-refractivity contribution in [2.75, 3.05) is 13.6 Å². The zero-order valence-corrected chi connectivity index (χ0v) is 11.4. The number of fused-ring (bicyclic) bond motifs is 1. The van der Waals surface area contributed by atoms with E-state index in [1.165, 1.54) is 51.5 Å². The number of hydrogen-bond acceptors (Lipinski definition) is 1. The molecule has 96 valence electrons. The van der Waals surface area contributed by atoms with Crippen molar-refractivity contribution >= 4 is 0 Å². The third-order valence-corrected chi connectivity index (χ3v) is 6.28. The van der Waals surface area contributed by atoms with Crippen LogP contribution in [0.5, 0.6) is 0 Å². The summed E-state index contributed by atoms with van der Waals surface area (Å²) in [5.74, 6) is 0. The zero-order valence-electron chi connectivity index (χ0n) is 11.4. The predicted octanol–water partition coefficient (Wildman–Crippen LogP) is 3.52. The number of aryl methyl sites for hydroxylation is 1. The molecular weight excluding hydrogens is 218 g/mol. The quantitative estimate of drug-likeness (QED) is 0.672. The predicted molar refractivity (Wildman–Crippen MR) is 74.9 cm³/mol. The van der Waals surface area contributed by atoms with Crippen molar-refractivity contribution < 1.29 is 0 Å². The molecule has 1 aliphatic heterocycles. The van der Waals surface area contributed by atoms with Gasteiger partial charge < -0.3 is 0 Å². The summed E-state index contributed by atoms with van der Waals surface area (Å²) in [5, 5.41) is 0. The molecule has 0 radical (unpaired) electrons. The summed E-state index contributed by atoms with van der Waals surface area (Å²) in [6.07, 6.45) is 9.80. The molecule has 4 rings (SSSR count). The van der Waals surface area contributed by atoms with E-state index in [2.05, 4.69) is 36.2 Å². The Bertz CT molecular complexity index is 476. The Morgan fingerprint density at radius 3 is 2.78 bits per heavy atom. The van der Waals surface area contributed by atoms with Gasteiger partial charge in [0.05, 0.1) is 0 Å². The topological polar surface area (TPSA) is 3.24 Å². The first kappa shape index (κ1) is 11.0. The molecule has 1 saturated carbocycles. The molecule has 1 heterocycles. The first-order valence-electron chi connectivity index (χ1n) is 7.58. The standard InChI is InChI=1S/C17H23N/c1-18-13-12-16-9-4-5-10-17(16,18)11-8-14-6-2-3-7-15(14)16/h2-3,6-7H,4-5,8-13H2,1H3/t16-,17+/m1/s1. The van der Waals surface area contributed by atoms with Crippen molar-refractivity contribution in [3.8, 4) is 0 Å². The van der Waals surface area contributed by atoms with E-state index in [1.54, 1.807) is 11.1 Å². The maximum Gasteiger partial charge on any atom is 0.0306 e. The highest BCUT2D eigenvalue weighted by atomic mass is 15.2. The second-order valence-electron chi connectivity index (χ2n) is 6.65. The Hall–Kier alpha value is -0.820. The molecule has 0 bridgehead atoms. The van der Waals surface area contributed by atoms with Gasteiger partial charge >= 0.3 is 0 Å². The molecular formula is C17H23N. The van der Waals surface area contributed by atoms with E-state index in [4.69, 9.17) is 0 Å². The minimum Gasteiger partial charge on any atom is -0.300 e. The minimum atomic E-state index is 0.495. The highest BCUT2D eigenvalue weighted by Crippen LogP contribution is 2.60. The Labute approximate surface area is 110 Å². The summed E-state index contributed by atoms with van der Waals surface area (Å²) < 4.78 is 0. The van der Waals surface area contributed by atoms with Crippen molar-refractivity contribution in [1.29, 1.82) is 0 Å². The average Bonchev–Trinajstić information content (AvgIpc) is 2.74. The molecule has 0 aromatic heterocycles. The molecule has 1 heteroatoms. The van der Waals surface area contributed by atoms with E-state index in [-0.39, 0.29) is 0 Å². The fourth-order valence-electron chi connectivity index (χ4n) is 5.42. The number of rotatable bonds is 0. The van der Waals surface area contributed by atoms with E-state index in [0.29, 0.717) is 11.0 Å². The third kappa shape index (κ3) is 1.12. The van der Waals surface area contributed by atoms with Gasteiger partial charge in [-0.1, -0.05) is 37.1 Å². The molecule has 0 N–H and O–H groups in total. The summed E-state index contributed by atoms with van der Waals surface area (Å²) in [4.78, 5) is 2.71. The summed E-state index contributed by atoms with van der Waals surface area (Å²) in [7, 11) is 2.38. The number of likely N-dealkylation sites (N-methyl/N-ethyl adjacent to an activating group) is 1. The van der Waals surface area contributed by atoms with E-state index in [9.17, 15) is 0 Å². The van der Waals surface area contributed by atoms with Crippen LogP contribution in [0.3, 0.4) is 0 Å². The van der Waals surface area contributed by atoms with Gasteiger partial charge in [0.25, 0.3) is 0 Å². The molecule has 0 spiro atoms. The van der Waals surface area contributed by atoms with Gasteiger partial charge in [-0.3, -0.25) is 4.90 Å². The second kappa shape index (κ2) is 3.60. The molecule has 1 saturated heterocycles. The van der Waals surface area contributed by atoms with E-state index < -0.39 is 0 Å². The number of nitrogens with zero attached hydrogens (tertiary/aromatic N) is 1. The molecule has 2 fully saturated rings. The van der Waals surface area contributed by atoms with E-state index in [1.807, 2.05) is 0 Å². The van der Waals surface area contributed by atoms with E-state index in [0.717, 1.165) is 0 Å². The van der Waals surface area contributed by atoms with Gasteiger partial charge in [-0.05, 0) is 56.8 Å². The van der Waals surface area contributed by atoms with Gasteiger partial charge in [0, 0.05) is 11.0 Å². The molecule has 3 aliphatic rings. The van der Waals surface area contributed by atoms with Gasteiger partial charge in [-0.25, -0.2) is 0 Å². The molecule has 1 aromatic rings. The average molecular weight is 241 g/mol. The van der Waals surface area contributed by atoms with E-state index >= 15 is 0 Å². The van der Waals surface area contributed by atoms with Crippen LogP contribution >= 0.6 is 0 Å².